The molecule has 10 nitrogen and oxygen atoms in total. The lowest BCUT2D eigenvalue weighted by molar-refractivity contribution is -0.125. The zero-order chi connectivity index (χ0) is 21.1. The van der Waals surface area contributed by atoms with E-state index in [2.05, 4.69) is 10.1 Å². The van der Waals surface area contributed by atoms with Crippen LogP contribution >= 0.6 is 0 Å². The summed E-state index contributed by atoms with van der Waals surface area (Å²) in [7, 11) is 0. The standard InChI is InChI=1S/C11H20N4O2.C6H11N3O/c1-7(2)9-13-15(10(17)14(9)12)8(16)6-11(3,4)5;1-4(2)6-8-3-5(10)9(6)7/h7H,6,12H2,1-5H3;4H,3,7H2,1-2H3. The maximum absolute atomic E-state index is 11.9. The van der Waals surface area contributed by atoms with Gasteiger partial charge in [-0.3, -0.25) is 14.6 Å². The molecule has 0 atom stereocenters. The molecule has 1 aromatic heterocycles. The Kier molecular flexibility index (Phi) is 7.07. The molecule has 0 aromatic carbocycles. The van der Waals surface area contributed by atoms with E-state index in [4.69, 9.17) is 11.7 Å². The number of amides is 1. The van der Waals surface area contributed by atoms with Gasteiger partial charge in [-0.25, -0.2) is 15.6 Å². The normalized spacial score (nSPS) is 14.5. The molecule has 0 unspecified atom stereocenters. The van der Waals surface area contributed by atoms with Crippen LogP contribution in [0.5, 0.6) is 0 Å². The second-order valence-electron chi connectivity index (χ2n) is 8.30. The number of nitrogen functional groups attached to an aromatic ring is 1. The monoisotopic (exact) mass is 381 g/mol. The maximum atomic E-state index is 11.9. The number of aromatic nitrogens is 3. The predicted molar refractivity (Wildman–Crippen MR) is 104 cm³/mol. The fourth-order valence-corrected chi connectivity index (χ4v) is 2.37. The minimum atomic E-state index is -0.581. The van der Waals surface area contributed by atoms with Gasteiger partial charge in [0, 0.05) is 18.3 Å². The lowest BCUT2D eigenvalue weighted by Gasteiger charge is -2.15. The van der Waals surface area contributed by atoms with Crippen LogP contribution in [-0.4, -0.2) is 43.7 Å². The number of rotatable bonds is 3. The molecule has 27 heavy (non-hydrogen) atoms. The molecule has 0 aliphatic carbocycles. The Balaban J connectivity index is 0.000000309. The number of nitrogens with two attached hydrogens (primary N) is 2. The highest BCUT2D eigenvalue weighted by molar-refractivity contribution is 6.04. The second kappa shape index (κ2) is 8.47. The van der Waals surface area contributed by atoms with E-state index in [1.54, 1.807) is 0 Å². The number of nitrogens with zero attached hydrogens (tertiary/aromatic N) is 5. The summed E-state index contributed by atoms with van der Waals surface area (Å²) in [5.41, 5.74) is -0.768. The van der Waals surface area contributed by atoms with Gasteiger partial charge in [-0.2, -0.15) is 4.68 Å². The predicted octanol–water partition coefficient (Wildman–Crippen LogP) is 0.715. The van der Waals surface area contributed by atoms with Crippen molar-refractivity contribution in [3.05, 3.63) is 16.3 Å². The molecule has 4 N–H and O–H groups in total. The van der Waals surface area contributed by atoms with Crippen LogP contribution in [0.2, 0.25) is 0 Å². The summed E-state index contributed by atoms with van der Waals surface area (Å²) in [6.07, 6.45) is 0.251. The van der Waals surface area contributed by atoms with Crippen LogP contribution in [0.25, 0.3) is 0 Å². The lowest BCUT2D eigenvalue weighted by atomic mass is 9.92. The van der Waals surface area contributed by atoms with Crippen LogP contribution < -0.4 is 17.4 Å². The maximum Gasteiger partial charge on any atom is 0.371 e. The van der Waals surface area contributed by atoms with Gasteiger partial charge < -0.3 is 5.84 Å². The Morgan fingerprint density at radius 3 is 1.96 bits per heavy atom. The zero-order valence-electron chi connectivity index (χ0n) is 17.2. The van der Waals surface area contributed by atoms with E-state index < -0.39 is 5.69 Å². The Morgan fingerprint density at radius 1 is 1.11 bits per heavy atom. The van der Waals surface area contributed by atoms with E-state index in [1.165, 1.54) is 0 Å². The summed E-state index contributed by atoms with van der Waals surface area (Å²) in [6, 6.07) is 0. The van der Waals surface area contributed by atoms with Gasteiger partial charge in [0.15, 0.2) is 5.82 Å². The zero-order valence-corrected chi connectivity index (χ0v) is 17.2. The van der Waals surface area contributed by atoms with Gasteiger partial charge in [-0.05, 0) is 5.41 Å². The highest BCUT2D eigenvalue weighted by Gasteiger charge is 2.24. The minimum Gasteiger partial charge on any atom is -0.333 e. The van der Waals surface area contributed by atoms with Crippen molar-refractivity contribution in [3.8, 4) is 0 Å². The molecule has 1 amide bonds. The molecule has 0 spiro atoms. The van der Waals surface area contributed by atoms with Gasteiger partial charge in [-0.15, -0.1) is 9.78 Å². The van der Waals surface area contributed by atoms with E-state index in [0.717, 1.165) is 14.4 Å². The van der Waals surface area contributed by atoms with Crippen molar-refractivity contribution in [1.29, 1.82) is 0 Å². The van der Waals surface area contributed by atoms with Crippen LogP contribution in [0.1, 0.15) is 71.4 Å². The fraction of sp³-hybridized carbons (Fsp3) is 0.706. The van der Waals surface area contributed by atoms with Gasteiger partial charge in [0.05, 0.1) is 0 Å². The number of hydrogen-bond acceptors (Lipinski definition) is 7. The van der Waals surface area contributed by atoms with Crippen molar-refractivity contribution in [1.82, 2.24) is 19.5 Å². The van der Waals surface area contributed by atoms with Crippen LogP contribution in [-0.2, 0) is 4.79 Å². The van der Waals surface area contributed by atoms with Gasteiger partial charge in [0.25, 0.3) is 11.8 Å². The lowest BCUT2D eigenvalue weighted by Crippen LogP contribution is -2.40. The van der Waals surface area contributed by atoms with Crippen LogP contribution in [0, 0.1) is 11.3 Å². The van der Waals surface area contributed by atoms with Crippen molar-refractivity contribution < 1.29 is 9.59 Å². The van der Waals surface area contributed by atoms with Crippen LogP contribution in [0.15, 0.2) is 9.79 Å². The molecule has 1 aromatic rings. The summed E-state index contributed by atoms with van der Waals surface area (Å²) in [6.45, 7) is 13.6. The first-order valence-electron chi connectivity index (χ1n) is 8.88. The molecule has 1 aliphatic heterocycles. The third-order valence-electron chi connectivity index (χ3n) is 3.68. The molecule has 0 saturated heterocycles. The molecule has 0 bridgehead atoms. The first kappa shape index (κ1) is 22.6. The highest BCUT2D eigenvalue weighted by Crippen LogP contribution is 2.19. The first-order chi connectivity index (χ1) is 12.3. The van der Waals surface area contributed by atoms with Crippen LogP contribution in [0.4, 0.5) is 0 Å². The Hall–Kier alpha value is -2.49. The Bertz CT molecular complexity index is 781. The van der Waals surface area contributed by atoms with Crippen molar-refractivity contribution in [2.75, 3.05) is 12.4 Å². The average molecular weight is 381 g/mol. The topological polar surface area (TPSA) is 142 Å². The molecule has 152 valence electrons. The summed E-state index contributed by atoms with van der Waals surface area (Å²) < 4.78 is 1.80. The SMILES string of the molecule is CC(C)C1=NCC(=O)N1N.CC(C)c1nn(C(=O)CC(C)(C)C)c(=O)n1N. The fourth-order valence-electron chi connectivity index (χ4n) is 2.37. The molecule has 1 aliphatic rings. The van der Waals surface area contributed by atoms with E-state index >= 15 is 0 Å². The molecule has 0 radical (unpaired) electrons. The molecule has 2 heterocycles. The molecule has 0 fully saturated rings. The number of carbonyl (C=O) groups excluding carboxylic acids is 2. The van der Waals surface area contributed by atoms with E-state index in [9.17, 15) is 14.4 Å². The van der Waals surface area contributed by atoms with Crippen molar-refractivity contribution in [3.63, 3.8) is 0 Å². The van der Waals surface area contributed by atoms with Gasteiger partial charge in [0.2, 0.25) is 0 Å². The second-order valence-corrected chi connectivity index (χ2v) is 8.30. The minimum absolute atomic E-state index is 0.00335. The number of carbonyl (C=O) groups is 2. The quantitative estimate of drug-likeness (QED) is 0.583. The smallest absolute Gasteiger partial charge is 0.333 e. The van der Waals surface area contributed by atoms with Crippen molar-refractivity contribution >= 4 is 17.6 Å². The number of amidine groups is 1. The summed E-state index contributed by atoms with van der Waals surface area (Å²) in [5.74, 6) is 11.8. The van der Waals surface area contributed by atoms with E-state index in [1.807, 2.05) is 48.5 Å². The Labute approximate surface area is 159 Å². The van der Waals surface area contributed by atoms with Gasteiger partial charge in [0.1, 0.15) is 12.4 Å². The van der Waals surface area contributed by atoms with E-state index in [0.29, 0.717) is 11.7 Å². The largest absolute Gasteiger partial charge is 0.371 e. The highest BCUT2D eigenvalue weighted by atomic mass is 16.2. The molecule has 2 rings (SSSR count). The number of aliphatic imine (C=N–C) groups is 1. The summed E-state index contributed by atoms with van der Waals surface area (Å²) in [5, 5.41) is 5.12. The third-order valence-corrected chi connectivity index (χ3v) is 3.68. The molecular formula is C17H31N7O3. The average Bonchev–Trinajstić information content (AvgIpc) is 3.00. The van der Waals surface area contributed by atoms with Crippen molar-refractivity contribution in [2.45, 2.75) is 60.8 Å². The van der Waals surface area contributed by atoms with Gasteiger partial charge >= 0.3 is 5.69 Å². The summed E-state index contributed by atoms with van der Waals surface area (Å²) >= 11 is 0. The first-order valence-corrected chi connectivity index (χ1v) is 8.88. The summed E-state index contributed by atoms with van der Waals surface area (Å²) in [4.78, 5) is 38.4. The molecule has 10 heteroatoms. The van der Waals surface area contributed by atoms with Crippen molar-refractivity contribution in [2.24, 2.45) is 22.2 Å². The molecule has 0 saturated carbocycles. The van der Waals surface area contributed by atoms with E-state index in [-0.39, 0.29) is 42.0 Å². The Morgan fingerprint density at radius 2 is 1.67 bits per heavy atom. The van der Waals surface area contributed by atoms with Gasteiger partial charge in [-0.1, -0.05) is 48.5 Å². The van der Waals surface area contributed by atoms with Crippen LogP contribution in [0.3, 0.4) is 0 Å². The molecular weight excluding hydrogens is 350 g/mol. The number of hydrogen-bond donors (Lipinski definition) is 2. The number of hydrazine groups is 1. The third kappa shape index (κ3) is 5.75.